The first-order valence-corrected chi connectivity index (χ1v) is 9.07. The van der Waals surface area contributed by atoms with Crippen LogP contribution in [0.15, 0.2) is 54.6 Å². The highest BCUT2D eigenvalue weighted by molar-refractivity contribution is 6.33. The molecular formula is C22H15ClN2O2. The molecule has 0 fully saturated rings. The van der Waals surface area contributed by atoms with E-state index in [9.17, 15) is 9.59 Å². The Morgan fingerprint density at radius 3 is 2.56 bits per heavy atom. The summed E-state index contributed by atoms with van der Waals surface area (Å²) in [6.07, 6.45) is 1.86. The fourth-order valence-electron chi connectivity index (χ4n) is 3.90. The van der Waals surface area contributed by atoms with Crippen molar-refractivity contribution in [3.05, 3.63) is 76.5 Å². The molecule has 1 amide bonds. The number of hydrogen-bond acceptors (Lipinski definition) is 3. The van der Waals surface area contributed by atoms with E-state index in [0.29, 0.717) is 38.7 Å². The Morgan fingerprint density at radius 2 is 1.78 bits per heavy atom. The Bertz CT molecular complexity index is 1210. The summed E-state index contributed by atoms with van der Waals surface area (Å²) in [7, 11) is 0. The zero-order valence-corrected chi connectivity index (χ0v) is 15.5. The lowest BCUT2D eigenvalue weighted by Gasteiger charge is -2.28. The Labute approximate surface area is 161 Å². The van der Waals surface area contributed by atoms with Crippen molar-refractivity contribution in [1.29, 1.82) is 0 Å². The first-order chi connectivity index (χ1) is 12.9. The van der Waals surface area contributed by atoms with E-state index in [4.69, 9.17) is 11.6 Å². The van der Waals surface area contributed by atoms with E-state index in [2.05, 4.69) is 4.98 Å². The van der Waals surface area contributed by atoms with E-state index in [1.807, 2.05) is 56.3 Å². The molecule has 0 saturated heterocycles. The molecule has 4 nitrogen and oxygen atoms in total. The molecule has 2 aromatic carbocycles. The number of para-hydroxylation sites is 1. The number of benzene rings is 2. The van der Waals surface area contributed by atoms with Crippen LogP contribution in [0.25, 0.3) is 16.6 Å². The number of aromatic nitrogens is 1. The average molecular weight is 375 g/mol. The molecular weight excluding hydrogens is 360 g/mol. The standard InChI is InChI=1S/C22H15ClN2O2/c1-22(2)11-16-18-17(21(27)25(16)13-7-5-6-12(23)10-13)14-8-3-4-9-15(14)24-19(18)20(22)26/h3-11H,1-2H3. The molecule has 1 aliphatic heterocycles. The van der Waals surface area contributed by atoms with Crippen molar-refractivity contribution < 1.29 is 9.59 Å². The molecule has 0 unspecified atom stereocenters. The minimum Gasteiger partial charge on any atom is -0.291 e. The predicted molar refractivity (Wildman–Crippen MR) is 106 cm³/mol. The number of nitrogens with zero attached hydrogens (tertiary/aromatic N) is 2. The lowest BCUT2D eigenvalue weighted by atomic mass is 9.78. The molecule has 5 rings (SSSR count). The summed E-state index contributed by atoms with van der Waals surface area (Å²) in [4.78, 5) is 32.8. The van der Waals surface area contributed by atoms with Gasteiger partial charge in [-0.05, 0) is 44.2 Å². The topological polar surface area (TPSA) is 50.3 Å². The van der Waals surface area contributed by atoms with Crippen LogP contribution in [-0.4, -0.2) is 16.7 Å². The molecule has 27 heavy (non-hydrogen) atoms. The smallest absolute Gasteiger partial charge is 0.264 e. The molecule has 3 aromatic rings. The molecule has 132 valence electrons. The maximum absolute atomic E-state index is 13.5. The van der Waals surface area contributed by atoms with E-state index < -0.39 is 5.41 Å². The average Bonchev–Trinajstić information content (AvgIpc) is 2.92. The van der Waals surface area contributed by atoms with Crippen LogP contribution in [0.2, 0.25) is 5.02 Å². The number of carbonyl (C=O) groups excluding carboxylic acids is 2. The van der Waals surface area contributed by atoms with Crippen LogP contribution in [0.5, 0.6) is 0 Å². The first kappa shape index (κ1) is 16.2. The van der Waals surface area contributed by atoms with Gasteiger partial charge >= 0.3 is 0 Å². The minimum atomic E-state index is -0.753. The molecule has 0 saturated carbocycles. The third-order valence-corrected chi connectivity index (χ3v) is 5.41. The summed E-state index contributed by atoms with van der Waals surface area (Å²) in [5.41, 5.74) is 2.80. The summed E-state index contributed by atoms with van der Waals surface area (Å²) in [5, 5.41) is 1.30. The SMILES string of the molecule is CC1(C)C=C2c3c(nc4ccccc4c3C(=O)N2c2cccc(Cl)c2)C1=O. The molecule has 0 radical (unpaired) electrons. The molecule has 0 spiro atoms. The maximum Gasteiger partial charge on any atom is 0.264 e. The van der Waals surface area contributed by atoms with Gasteiger partial charge in [0.25, 0.3) is 5.91 Å². The predicted octanol–water partition coefficient (Wildman–Crippen LogP) is 5.11. The fourth-order valence-corrected chi connectivity index (χ4v) is 4.09. The van der Waals surface area contributed by atoms with Gasteiger partial charge in [-0.1, -0.05) is 35.9 Å². The maximum atomic E-state index is 13.5. The number of carbonyl (C=O) groups is 2. The van der Waals surface area contributed by atoms with Gasteiger partial charge in [0.2, 0.25) is 0 Å². The number of rotatable bonds is 1. The Balaban J connectivity index is 1.90. The number of hydrogen-bond donors (Lipinski definition) is 0. The second kappa shape index (κ2) is 5.27. The first-order valence-electron chi connectivity index (χ1n) is 8.69. The molecule has 0 atom stereocenters. The van der Waals surface area contributed by atoms with Crippen LogP contribution in [0.4, 0.5) is 5.69 Å². The number of ketones is 1. The summed E-state index contributed by atoms with van der Waals surface area (Å²) in [6, 6.07) is 14.6. The molecule has 1 aliphatic carbocycles. The normalized spacial score (nSPS) is 17.3. The van der Waals surface area contributed by atoms with Gasteiger partial charge in [0.15, 0.2) is 5.78 Å². The quantitative estimate of drug-likeness (QED) is 0.594. The summed E-state index contributed by atoms with van der Waals surface area (Å²) in [5.74, 6) is -0.238. The van der Waals surface area contributed by atoms with E-state index in [1.165, 1.54) is 0 Å². The largest absolute Gasteiger partial charge is 0.291 e. The van der Waals surface area contributed by atoms with Gasteiger partial charge in [-0.25, -0.2) is 4.98 Å². The number of Topliss-reactive ketones (excluding diaryl/α,β-unsaturated/α-hetero) is 1. The van der Waals surface area contributed by atoms with Crippen LogP contribution >= 0.6 is 11.6 Å². The van der Waals surface area contributed by atoms with Gasteiger partial charge in [0.1, 0.15) is 5.69 Å². The van der Waals surface area contributed by atoms with Gasteiger partial charge in [-0.3, -0.25) is 14.5 Å². The van der Waals surface area contributed by atoms with Gasteiger partial charge < -0.3 is 0 Å². The van der Waals surface area contributed by atoms with Crippen molar-refractivity contribution in [1.82, 2.24) is 4.98 Å². The van der Waals surface area contributed by atoms with E-state index in [1.54, 1.807) is 17.0 Å². The highest BCUT2D eigenvalue weighted by Crippen LogP contribution is 2.47. The monoisotopic (exact) mass is 374 g/mol. The summed E-state index contributed by atoms with van der Waals surface area (Å²) in [6.45, 7) is 3.70. The zero-order chi connectivity index (χ0) is 18.9. The summed E-state index contributed by atoms with van der Waals surface area (Å²) >= 11 is 6.17. The summed E-state index contributed by atoms with van der Waals surface area (Å²) < 4.78 is 0. The van der Waals surface area contributed by atoms with Gasteiger partial charge in [-0.2, -0.15) is 0 Å². The lowest BCUT2D eigenvalue weighted by molar-refractivity contribution is 0.0877. The second-order valence-corrected chi connectivity index (χ2v) is 7.86. The van der Waals surface area contributed by atoms with Gasteiger partial charge in [0.05, 0.1) is 22.5 Å². The zero-order valence-electron chi connectivity index (χ0n) is 14.8. The Morgan fingerprint density at radius 1 is 1.00 bits per heavy atom. The van der Waals surface area contributed by atoms with Crippen molar-refractivity contribution in [2.45, 2.75) is 13.8 Å². The van der Waals surface area contributed by atoms with Crippen molar-refractivity contribution in [3.63, 3.8) is 0 Å². The lowest BCUT2D eigenvalue weighted by Crippen LogP contribution is -2.30. The van der Waals surface area contributed by atoms with E-state index >= 15 is 0 Å². The van der Waals surface area contributed by atoms with Crippen LogP contribution in [0, 0.1) is 5.41 Å². The molecule has 2 heterocycles. The van der Waals surface area contributed by atoms with Crippen molar-refractivity contribution in [2.24, 2.45) is 5.41 Å². The van der Waals surface area contributed by atoms with Crippen molar-refractivity contribution >= 4 is 45.6 Å². The molecule has 0 N–H and O–H groups in total. The number of allylic oxidation sites excluding steroid dienone is 1. The molecule has 2 aliphatic rings. The van der Waals surface area contributed by atoms with E-state index in [0.717, 1.165) is 5.39 Å². The number of fused-ring (bicyclic) bond motifs is 2. The Hall–Kier alpha value is -2.98. The number of pyridine rings is 1. The molecule has 1 aromatic heterocycles. The van der Waals surface area contributed by atoms with Crippen molar-refractivity contribution in [2.75, 3.05) is 4.90 Å². The van der Waals surface area contributed by atoms with Crippen molar-refractivity contribution in [3.8, 4) is 0 Å². The van der Waals surface area contributed by atoms with Crippen LogP contribution in [0.3, 0.4) is 0 Å². The molecule has 5 heteroatoms. The highest BCUT2D eigenvalue weighted by Gasteiger charge is 2.45. The highest BCUT2D eigenvalue weighted by atomic mass is 35.5. The number of anilines is 1. The number of amides is 1. The van der Waals surface area contributed by atoms with E-state index in [-0.39, 0.29) is 11.7 Å². The van der Waals surface area contributed by atoms with Gasteiger partial charge in [-0.15, -0.1) is 0 Å². The van der Waals surface area contributed by atoms with Crippen LogP contribution < -0.4 is 4.90 Å². The minimum absolute atomic E-state index is 0.0750. The molecule has 0 bridgehead atoms. The fraction of sp³-hybridized carbons (Fsp3) is 0.136. The Kier molecular flexibility index (Phi) is 3.16. The van der Waals surface area contributed by atoms with Crippen LogP contribution in [0.1, 0.15) is 40.3 Å². The number of halogens is 1. The second-order valence-electron chi connectivity index (χ2n) is 7.43. The van der Waals surface area contributed by atoms with Crippen LogP contribution in [-0.2, 0) is 0 Å². The van der Waals surface area contributed by atoms with Gasteiger partial charge in [0, 0.05) is 21.4 Å². The third kappa shape index (κ3) is 2.14. The third-order valence-electron chi connectivity index (χ3n) is 5.17.